The first kappa shape index (κ1) is 15.8. The first-order valence-corrected chi connectivity index (χ1v) is 7.46. The average molecular weight is 318 g/mol. The van der Waals surface area contributed by atoms with E-state index in [-0.39, 0.29) is 16.7 Å². The minimum Gasteiger partial charge on any atom is -0.481 e. The molecule has 2 aromatic rings. The minimum absolute atomic E-state index is 0.0685. The summed E-state index contributed by atoms with van der Waals surface area (Å²) in [7, 11) is 0. The lowest BCUT2D eigenvalue weighted by atomic mass is 10.0. The van der Waals surface area contributed by atoms with Crippen LogP contribution in [0.15, 0.2) is 48.5 Å². The number of carbonyl (C=O) groups is 1. The van der Waals surface area contributed by atoms with Crippen LogP contribution >= 0.6 is 11.8 Å². The zero-order valence-electron chi connectivity index (χ0n) is 11.5. The highest BCUT2D eigenvalue weighted by atomic mass is 32.2. The maximum atomic E-state index is 11.0. The quantitative estimate of drug-likeness (QED) is 0.481. The van der Waals surface area contributed by atoms with Crippen LogP contribution in [0.1, 0.15) is 16.4 Å². The summed E-state index contributed by atoms with van der Waals surface area (Å²) in [5, 5.41) is 19.5. The van der Waals surface area contributed by atoms with Gasteiger partial charge in [0.2, 0.25) is 0 Å². The van der Waals surface area contributed by atoms with E-state index in [0.29, 0.717) is 11.3 Å². The van der Waals surface area contributed by atoms with Gasteiger partial charge in [-0.2, -0.15) is 0 Å². The number of carboxylic acid groups (broad SMARTS) is 1. The van der Waals surface area contributed by atoms with Gasteiger partial charge in [0.15, 0.2) is 0 Å². The Morgan fingerprint density at radius 3 is 2.55 bits per heavy atom. The van der Waals surface area contributed by atoms with Gasteiger partial charge in [0.05, 0.1) is 15.9 Å². The Labute approximate surface area is 131 Å². The number of rotatable bonds is 6. The summed E-state index contributed by atoms with van der Waals surface area (Å²) in [6.07, 6.45) is 0. The lowest BCUT2D eigenvalue weighted by Crippen LogP contribution is -2.07. The number of nitrogens with two attached hydrogens (primary N) is 1. The summed E-state index contributed by atoms with van der Waals surface area (Å²) in [6, 6.07) is 13.4. The molecule has 6 nitrogen and oxygen atoms in total. The highest BCUT2D eigenvalue weighted by molar-refractivity contribution is 8.00. The summed E-state index contributed by atoms with van der Waals surface area (Å²) in [5.74, 6) is -1.07. The van der Waals surface area contributed by atoms with Gasteiger partial charge in [-0.3, -0.25) is 14.9 Å². The SMILES string of the molecule is Nc1ccc([N+](=O)[O-])cc1C(SCC(=O)O)c1ccccc1. The zero-order chi connectivity index (χ0) is 16.1. The maximum Gasteiger partial charge on any atom is 0.313 e. The van der Waals surface area contributed by atoms with Crippen molar-refractivity contribution < 1.29 is 14.8 Å². The van der Waals surface area contributed by atoms with Crippen molar-refractivity contribution >= 4 is 29.1 Å². The monoisotopic (exact) mass is 318 g/mol. The number of hydrogen-bond acceptors (Lipinski definition) is 5. The standard InChI is InChI=1S/C15H14N2O4S/c16-13-7-6-11(17(20)21)8-12(13)15(22-9-14(18)19)10-4-2-1-3-5-10/h1-8,15H,9,16H2,(H,18,19). The smallest absolute Gasteiger partial charge is 0.313 e. The van der Waals surface area contributed by atoms with Gasteiger partial charge in [0.1, 0.15) is 0 Å². The van der Waals surface area contributed by atoms with E-state index in [0.717, 1.165) is 5.56 Å². The molecule has 0 saturated heterocycles. The fourth-order valence-corrected chi connectivity index (χ4v) is 3.09. The second kappa shape index (κ2) is 6.95. The zero-order valence-corrected chi connectivity index (χ0v) is 12.3. The van der Waals surface area contributed by atoms with Crippen molar-refractivity contribution in [2.24, 2.45) is 0 Å². The molecular weight excluding hydrogens is 304 g/mol. The van der Waals surface area contributed by atoms with Gasteiger partial charge >= 0.3 is 5.97 Å². The third-order valence-corrected chi connectivity index (χ3v) is 4.31. The number of aliphatic carboxylic acids is 1. The van der Waals surface area contributed by atoms with Crippen molar-refractivity contribution in [2.45, 2.75) is 5.25 Å². The van der Waals surface area contributed by atoms with E-state index < -0.39 is 10.9 Å². The number of carboxylic acids is 1. The van der Waals surface area contributed by atoms with E-state index in [2.05, 4.69) is 0 Å². The van der Waals surface area contributed by atoms with Crippen molar-refractivity contribution in [1.82, 2.24) is 0 Å². The minimum atomic E-state index is -0.949. The number of thioether (sulfide) groups is 1. The Morgan fingerprint density at radius 1 is 1.27 bits per heavy atom. The van der Waals surface area contributed by atoms with Crippen molar-refractivity contribution in [1.29, 1.82) is 0 Å². The molecule has 0 saturated carbocycles. The second-order valence-electron chi connectivity index (χ2n) is 4.57. The van der Waals surface area contributed by atoms with Crippen molar-refractivity contribution in [3.8, 4) is 0 Å². The van der Waals surface area contributed by atoms with E-state index in [1.807, 2.05) is 30.3 Å². The molecule has 0 radical (unpaired) electrons. The van der Waals surface area contributed by atoms with Crippen LogP contribution in [0.2, 0.25) is 0 Å². The molecular formula is C15H14N2O4S. The average Bonchev–Trinajstić information content (AvgIpc) is 2.49. The number of nitrogen functional groups attached to an aromatic ring is 1. The molecule has 0 aromatic heterocycles. The molecule has 7 heteroatoms. The number of nitro benzene ring substituents is 1. The van der Waals surface area contributed by atoms with Crippen LogP contribution in [0.3, 0.4) is 0 Å². The summed E-state index contributed by atoms with van der Waals surface area (Å²) < 4.78 is 0. The van der Waals surface area contributed by atoms with Crippen LogP contribution in [0.5, 0.6) is 0 Å². The fraction of sp³-hybridized carbons (Fsp3) is 0.133. The number of hydrogen-bond donors (Lipinski definition) is 2. The van der Waals surface area contributed by atoms with E-state index in [1.54, 1.807) is 0 Å². The summed E-state index contributed by atoms with van der Waals surface area (Å²) in [4.78, 5) is 21.3. The summed E-state index contributed by atoms with van der Waals surface area (Å²) >= 11 is 1.17. The van der Waals surface area contributed by atoms with Crippen molar-refractivity contribution in [2.75, 3.05) is 11.5 Å². The highest BCUT2D eigenvalue weighted by Crippen LogP contribution is 2.39. The number of nitro groups is 1. The van der Waals surface area contributed by atoms with Gasteiger partial charge in [-0.25, -0.2) is 0 Å². The van der Waals surface area contributed by atoms with Crippen molar-refractivity contribution in [3.05, 3.63) is 69.8 Å². The van der Waals surface area contributed by atoms with Crippen LogP contribution in [0, 0.1) is 10.1 Å². The van der Waals surface area contributed by atoms with E-state index in [9.17, 15) is 14.9 Å². The number of anilines is 1. The van der Waals surface area contributed by atoms with Crippen molar-refractivity contribution in [3.63, 3.8) is 0 Å². The number of nitrogens with zero attached hydrogens (tertiary/aromatic N) is 1. The molecule has 22 heavy (non-hydrogen) atoms. The lowest BCUT2D eigenvalue weighted by molar-refractivity contribution is -0.384. The van der Waals surface area contributed by atoms with E-state index in [1.165, 1.54) is 30.0 Å². The topological polar surface area (TPSA) is 106 Å². The molecule has 0 heterocycles. The molecule has 0 amide bonds. The number of non-ortho nitro benzene ring substituents is 1. The molecule has 0 aliphatic rings. The Bertz CT molecular complexity index is 691. The van der Waals surface area contributed by atoms with E-state index >= 15 is 0 Å². The van der Waals surface area contributed by atoms with E-state index in [4.69, 9.17) is 10.8 Å². The van der Waals surface area contributed by atoms with Crippen LogP contribution in [-0.4, -0.2) is 21.8 Å². The fourth-order valence-electron chi connectivity index (χ4n) is 2.05. The summed E-state index contributed by atoms with van der Waals surface area (Å²) in [5.41, 5.74) is 7.68. The van der Waals surface area contributed by atoms with Gasteiger partial charge in [0.25, 0.3) is 5.69 Å². The van der Waals surface area contributed by atoms with Crippen LogP contribution in [0.25, 0.3) is 0 Å². The maximum absolute atomic E-state index is 11.0. The normalized spacial score (nSPS) is 11.8. The Kier molecular flexibility index (Phi) is 5.00. The first-order valence-electron chi connectivity index (χ1n) is 6.41. The lowest BCUT2D eigenvalue weighted by Gasteiger charge is -2.18. The molecule has 0 spiro atoms. The molecule has 0 aliphatic heterocycles. The molecule has 2 rings (SSSR count). The van der Waals surface area contributed by atoms with Gasteiger partial charge in [-0.15, -0.1) is 11.8 Å². The molecule has 0 bridgehead atoms. The molecule has 0 fully saturated rings. The van der Waals surface area contributed by atoms with Gasteiger partial charge in [0, 0.05) is 17.8 Å². The molecule has 1 atom stereocenters. The number of benzene rings is 2. The molecule has 114 valence electrons. The van der Waals surface area contributed by atoms with Gasteiger partial charge in [-0.05, 0) is 17.2 Å². The largest absolute Gasteiger partial charge is 0.481 e. The molecule has 1 unspecified atom stereocenters. The molecule has 0 aliphatic carbocycles. The molecule has 3 N–H and O–H groups in total. The third-order valence-electron chi connectivity index (χ3n) is 3.04. The van der Waals surface area contributed by atoms with Crippen LogP contribution < -0.4 is 5.73 Å². The first-order chi connectivity index (χ1) is 10.5. The predicted octanol–water partition coefficient (Wildman–Crippen LogP) is 3.08. The summed E-state index contributed by atoms with van der Waals surface area (Å²) in [6.45, 7) is 0. The van der Waals surface area contributed by atoms with Crippen LogP contribution in [0.4, 0.5) is 11.4 Å². The Morgan fingerprint density at radius 2 is 1.95 bits per heavy atom. The van der Waals surface area contributed by atoms with Crippen LogP contribution in [-0.2, 0) is 4.79 Å². The highest BCUT2D eigenvalue weighted by Gasteiger charge is 2.21. The Hall–Kier alpha value is -2.54. The van der Waals surface area contributed by atoms with Gasteiger partial charge < -0.3 is 10.8 Å². The predicted molar refractivity (Wildman–Crippen MR) is 85.9 cm³/mol. The second-order valence-corrected chi connectivity index (χ2v) is 5.66. The molecule has 2 aromatic carbocycles. The van der Waals surface area contributed by atoms with Gasteiger partial charge in [-0.1, -0.05) is 30.3 Å². The Balaban J connectivity index is 2.46. The third kappa shape index (κ3) is 3.76.